The molecule has 0 aromatic carbocycles. The summed E-state index contributed by atoms with van der Waals surface area (Å²) in [7, 11) is 0. The van der Waals surface area contributed by atoms with Crippen molar-refractivity contribution in [1.82, 2.24) is 19.5 Å². The second kappa shape index (κ2) is 3.34. The second-order valence-corrected chi connectivity index (χ2v) is 3.38. The van der Waals surface area contributed by atoms with Gasteiger partial charge < -0.3 is 14.7 Å². The molecule has 0 radical (unpaired) electrons. The summed E-state index contributed by atoms with van der Waals surface area (Å²) in [5.74, 6) is 1.24. The van der Waals surface area contributed by atoms with E-state index in [4.69, 9.17) is 10.2 Å². The number of anilines is 1. The molecule has 0 saturated heterocycles. The van der Waals surface area contributed by atoms with Crippen LogP contribution in [0.15, 0.2) is 35.5 Å². The zero-order chi connectivity index (χ0) is 11.0. The van der Waals surface area contributed by atoms with E-state index in [1.54, 1.807) is 12.6 Å². The van der Waals surface area contributed by atoms with Crippen molar-refractivity contribution in [3.05, 3.63) is 36.8 Å². The van der Waals surface area contributed by atoms with Crippen molar-refractivity contribution >= 4 is 17.0 Å². The molecule has 0 amide bonds. The largest absolute Gasteiger partial charge is 0.467 e. The van der Waals surface area contributed by atoms with Crippen LogP contribution in [0.3, 0.4) is 0 Å². The van der Waals surface area contributed by atoms with E-state index in [-0.39, 0.29) is 0 Å². The molecule has 16 heavy (non-hydrogen) atoms. The van der Waals surface area contributed by atoms with E-state index in [2.05, 4.69) is 15.0 Å². The Morgan fingerprint density at radius 1 is 1.31 bits per heavy atom. The zero-order valence-corrected chi connectivity index (χ0v) is 8.37. The SMILES string of the molecule is Nc1ncnc2c1ncn2Cc1ccco1. The smallest absolute Gasteiger partial charge is 0.165 e. The van der Waals surface area contributed by atoms with Gasteiger partial charge in [0.25, 0.3) is 0 Å². The lowest BCUT2D eigenvalue weighted by Crippen LogP contribution is -1.99. The predicted molar refractivity (Wildman–Crippen MR) is 57.5 cm³/mol. The van der Waals surface area contributed by atoms with Gasteiger partial charge in [0.1, 0.15) is 17.6 Å². The van der Waals surface area contributed by atoms with Crippen LogP contribution in [0.25, 0.3) is 11.2 Å². The fourth-order valence-electron chi connectivity index (χ4n) is 1.58. The summed E-state index contributed by atoms with van der Waals surface area (Å²) in [5, 5.41) is 0. The van der Waals surface area contributed by atoms with Gasteiger partial charge in [-0.2, -0.15) is 0 Å². The van der Waals surface area contributed by atoms with Crippen LogP contribution >= 0.6 is 0 Å². The molecule has 0 aliphatic carbocycles. The molecule has 0 bridgehead atoms. The van der Waals surface area contributed by atoms with Gasteiger partial charge in [-0.15, -0.1) is 0 Å². The molecule has 0 spiro atoms. The maximum Gasteiger partial charge on any atom is 0.165 e. The standard InChI is InChI=1S/C10H9N5O/c11-9-8-10(13-5-12-9)15(6-14-8)4-7-2-1-3-16-7/h1-3,5-6H,4H2,(H2,11,12,13). The lowest BCUT2D eigenvalue weighted by Gasteiger charge is -2.00. The molecule has 0 unspecified atom stereocenters. The summed E-state index contributed by atoms with van der Waals surface area (Å²) in [6.07, 6.45) is 4.74. The maximum absolute atomic E-state index is 5.69. The molecule has 6 nitrogen and oxygen atoms in total. The summed E-state index contributed by atoms with van der Waals surface area (Å²) in [6, 6.07) is 3.74. The van der Waals surface area contributed by atoms with Gasteiger partial charge in [-0.05, 0) is 12.1 Å². The molecule has 0 aliphatic heterocycles. The predicted octanol–water partition coefficient (Wildman–Crippen LogP) is 1.05. The number of aromatic nitrogens is 4. The Hall–Kier alpha value is -2.37. The Kier molecular flexibility index (Phi) is 1.86. The van der Waals surface area contributed by atoms with Gasteiger partial charge in [0, 0.05) is 0 Å². The molecule has 3 aromatic rings. The summed E-state index contributed by atoms with van der Waals surface area (Å²) >= 11 is 0. The molecular formula is C10H9N5O. The minimum absolute atomic E-state index is 0.392. The van der Waals surface area contributed by atoms with Crippen molar-refractivity contribution < 1.29 is 4.42 Å². The van der Waals surface area contributed by atoms with E-state index < -0.39 is 0 Å². The maximum atomic E-state index is 5.69. The molecule has 80 valence electrons. The van der Waals surface area contributed by atoms with Gasteiger partial charge in [0.2, 0.25) is 0 Å². The Bertz CT molecular complexity index is 613. The first-order valence-corrected chi connectivity index (χ1v) is 4.78. The van der Waals surface area contributed by atoms with Gasteiger partial charge in [-0.3, -0.25) is 0 Å². The number of nitrogen functional groups attached to an aromatic ring is 1. The number of furan rings is 1. The number of nitrogens with two attached hydrogens (primary N) is 1. The van der Waals surface area contributed by atoms with Crippen molar-refractivity contribution in [2.75, 3.05) is 5.73 Å². The first-order valence-electron chi connectivity index (χ1n) is 4.78. The summed E-state index contributed by atoms with van der Waals surface area (Å²) in [4.78, 5) is 12.2. The van der Waals surface area contributed by atoms with Crippen LogP contribution in [0.4, 0.5) is 5.82 Å². The van der Waals surface area contributed by atoms with Gasteiger partial charge in [0.15, 0.2) is 11.5 Å². The summed E-state index contributed by atoms with van der Waals surface area (Å²) in [6.45, 7) is 0.583. The van der Waals surface area contributed by atoms with Crippen LogP contribution < -0.4 is 5.73 Å². The van der Waals surface area contributed by atoms with Crippen LogP contribution in [0.1, 0.15) is 5.76 Å². The zero-order valence-electron chi connectivity index (χ0n) is 8.37. The van der Waals surface area contributed by atoms with E-state index in [1.165, 1.54) is 6.33 Å². The quantitative estimate of drug-likeness (QED) is 0.690. The Labute approximate surface area is 90.7 Å². The number of fused-ring (bicyclic) bond motifs is 1. The third-order valence-electron chi connectivity index (χ3n) is 2.34. The lowest BCUT2D eigenvalue weighted by molar-refractivity contribution is 0.495. The van der Waals surface area contributed by atoms with Crippen molar-refractivity contribution in [3.8, 4) is 0 Å². The molecule has 3 heterocycles. The highest BCUT2D eigenvalue weighted by atomic mass is 16.3. The molecule has 3 rings (SSSR count). The first-order chi connectivity index (χ1) is 7.84. The number of imidazole rings is 1. The number of hydrogen-bond donors (Lipinski definition) is 1. The van der Waals surface area contributed by atoms with Crippen molar-refractivity contribution in [1.29, 1.82) is 0 Å². The van der Waals surface area contributed by atoms with E-state index >= 15 is 0 Å². The van der Waals surface area contributed by atoms with Crippen LogP contribution in [0.2, 0.25) is 0 Å². The van der Waals surface area contributed by atoms with Gasteiger partial charge in [0.05, 0.1) is 19.1 Å². The third kappa shape index (κ3) is 1.31. The molecular weight excluding hydrogens is 206 g/mol. The highest BCUT2D eigenvalue weighted by Gasteiger charge is 2.08. The molecule has 0 atom stereocenters. The molecule has 0 fully saturated rings. The van der Waals surface area contributed by atoms with Crippen molar-refractivity contribution in [2.45, 2.75) is 6.54 Å². The summed E-state index contributed by atoms with van der Waals surface area (Å²) in [5.41, 5.74) is 7.02. The normalized spacial score (nSPS) is 11.0. The topological polar surface area (TPSA) is 82.8 Å². The fraction of sp³-hybridized carbons (Fsp3) is 0.100. The molecule has 6 heteroatoms. The molecule has 0 saturated carbocycles. The van der Waals surface area contributed by atoms with Gasteiger partial charge in [-0.1, -0.05) is 0 Å². The Morgan fingerprint density at radius 2 is 2.25 bits per heavy atom. The minimum Gasteiger partial charge on any atom is -0.467 e. The highest BCUT2D eigenvalue weighted by Crippen LogP contribution is 2.15. The molecule has 2 N–H and O–H groups in total. The van der Waals surface area contributed by atoms with E-state index in [1.807, 2.05) is 16.7 Å². The van der Waals surface area contributed by atoms with Crippen LogP contribution in [0.5, 0.6) is 0 Å². The van der Waals surface area contributed by atoms with Gasteiger partial charge >= 0.3 is 0 Å². The molecule has 3 aromatic heterocycles. The minimum atomic E-state index is 0.392. The second-order valence-electron chi connectivity index (χ2n) is 3.38. The van der Waals surface area contributed by atoms with Crippen LogP contribution in [-0.4, -0.2) is 19.5 Å². The van der Waals surface area contributed by atoms with E-state index in [0.717, 1.165) is 5.76 Å². The van der Waals surface area contributed by atoms with Crippen molar-refractivity contribution in [3.63, 3.8) is 0 Å². The number of rotatable bonds is 2. The van der Waals surface area contributed by atoms with E-state index in [9.17, 15) is 0 Å². The number of nitrogens with zero attached hydrogens (tertiary/aromatic N) is 4. The Morgan fingerprint density at radius 3 is 3.06 bits per heavy atom. The van der Waals surface area contributed by atoms with Crippen LogP contribution in [0, 0.1) is 0 Å². The summed E-state index contributed by atoms with van der Waals surface area (Å²) < 4.78 is 7.13. The average Bonchev–Trinajstić information content (AvgIpc) is 2.90. The Balaban J connectivity index is 2.08. The third-order valence-corrected chi connectivity index (χ3v) is 2.34. The highest BCUT2D eigenvalue weighted by molar-refractivity contribution is 5.81. The fourth-order valence-corrected chi connectivity index (χ4v) is 1.58. The van der Waals surface area contributed by atoms with Gasteiger partial charge in [-0.25, -0.2) is 15.0 Å². The monoisotopic (exact) mass is 215 g/mol. The van der Waals surface area contributed by atoms with Crippen LogP contribution in [-0.2, 0) is 6.54 Å². The number of hydrogen-bond acceptors (Lipinski definition) is 5. The van der Waals surface area contributed by atoms with E-state index in [0.29, 0.717) is 23.5 Å². The average molecular weight is 215 g/mol. The van der Waals surface area contributed by atoms with Crippen molar-refractivity contribution in [2.24, 2.45) is 0 Å². The first kappa shape index (κ1) is 8.90. The lowest BCUT2D eigenvalue weighted by atomic mass is 10.4. The molecule has 0 aliphatic rings.